The molecule has 1 unspecified atom stereocenters. The monoisotopic (exact) mass is 1000 g/mol. The van der Waals surface area contributed by atoms with Crippen LogP contribution in [0.4, 0.5) is 11.6 Å². The lowest BCUT2D eigenvalue weighted by Gasteiger charge is -2.15. The molecule has 2 heterocycles. The standard InChI is InChI=1S/C52H80N10O10/c1-3-4-5-6-7-8-9-10-11-12-13-14-15-16-17-18-29-54-45(64)27-28-46(65)56-31-20-33-71-35-37-72-36-34-70-32-19-30-55-44(63)26-25-43(51(68)69)60-49(66)40-21-23-41(24-22-40)57-38-42-39-58-48-47(59-42)50(67)62-52(53-2)61-48/h10-11,21-24,39,43,57H,2-9,12-20,25-38H2,1H3,(H,54,64)(H,55,63)(H,56,65)(H,60,66)(H,68,69)(H,58,61,62,67). The Kier molecular flexibility index (Phi) is 32.2. The lowest BCUT2D eigenvalue weighted by molar-refractivity contribution is -0.139. The Bertz CT molecular complexity index is 2140. The van der Waals surface area contributed by atoms with Crippen molar-refractivity contribution in [3.8, 4) is 0 Å². The Balaban J connectivity index is 1.07. The minimum absolute atomic E-state index is 0.0451. The number of carboxylic acid groups (broad SMARTS) is 1. The van der Waals surface area contributed by atoms with E-state index in [1.54, 1.807) is 12.1 Å². The zero-order valence-electron chi connectivity index (χ0n) is 42.4. The number of carbonyl (C=O) groups excluding carboxylic acids is 4. The molecular weight excluding hydrogens is 925 g/mol. The maximum absolute atomic E-state index is 12.8. The van der Waals surface area contributed by atoms with Gasteiger partial charge >= 0.3 is 5.97 Å². The van der Waals surface area contributed by atoms with Crippen molar-refractivity contribution in [2.75, 3.05) is 64.6 Å². The zero-order valence-corrected chi connectivity index (χ0v) is 42.4. The van der Waals surface area contributed by atoms with E-state index in [-0.39, 0.29) is 72.6 Å². The van der Waals surface area contributed by atoms with Gasteiger partial charge < -0.3 is 45.9 Å². The summed E-state index contributed by atoms with van der Waals surface area (Å²) < 4.78 is 16.6. The first-order valence-corrected chi connectivity index (χ1v) is 25.9. The average molecular weight is 1010 g/mol. The van der Waals surface area contributed by atoms with Crippen LogP contribution in [-0.4, -0.2) is 127 Å². The summed E-state index contributed by atoms with van der Waals surface area (Å²) in [7, 11) is 0. The van der Waals surface area contributed by atoms with Crippen molar-refractivity contribution in [1.82, 2.24) is 41.2 Å². The van der Waals surface area contributed by atoms with Crippen LogP contribution < -0.4 is 32.1 Å². The highest BCUT2D eigenvalue weighted by Gasteiger charge is 2.22. The number of H-pyrrole nitrogens is 1. The van der Waals surface area contributed by atoms with E-state index in [0.29, 0.717) is 83.5 Å². The third-order valence-electron chi connectivity index (χ3n) is 11.4. The number of allylic oxidation sites excluding steroid dienone is 2. The van der Waals surface area contributed by atoms with Crippen LogP contribution >= 0.6 is 0 Å². The van der Waals surface area contributed by atoms with E-state index in [1.165, 1.54) is 95.4 Å². The van der Waals surface area contributed by atoms with Crippen molar-refractivity contribution < 1.29 is 43.3 Å². The van der Waals surface area contributed by atoms with Gasteiger partial charge in [0.25, 0.3) is 11.5 Å². The number of aromatic nitrogens is 4. The second kappa shape index (κ2) is 38.5. The molecule has 0 aliphatic carbocycles. The number of amides is 4. The molecule has 1 atom stereocenters. The van der Waals surface area contributed by atoms with Crippen LogP contribution in [0.3, 0.4) is 0 Å². The van der Waals surface area contributed by atoms with Crippen molar-refractivity contribution in [3.05, 3.63) is 64.2 Å². The fourth-order valence-electron chi connectivity index (χ4n) is 7.25. The smallest absolute Gasteiger partial charge is 0.326 e. The summed E-state index contributed by atoms with van der Waals surface area (Å²) in [6, 6.07) is 5.05. The quantitative estimate of drug-likeness (QED) is 0.0178. The predicted octanol–water partition coefficient (Wildman–Crippen LogP) is 6.62. The number of nitrogens with one attached hydrogen (secondary N) is 6. The Hall–Kier alpha value is -6.12. The van der Waals surface area contributed by atoms with E-state index >= 15 is 0 Å². The molecule has 0 saturated heterocycles. The molecule has 0 spiro atoms. The van der Waals surface area contributed by atoms with Crippen molar-refractivity contribution in [2.45, 2.75) is 148 Å². The van der Waals surface area contributed by atoms with Gasteiger partial charge in [-0.2, -0.15) is 4.98 Å². The minimum Gasteiger partial charge on any atom is -0.480 e. The van der Waals surface area contributed by atoms with Crippen molar-refractivity contribution in [2.24, 2.45) is 4.99 Å². The number of carboxylic acids is 1. The molecule has 72 heavy (non-hydrogen) atoms. The molecular formula is C52H80N10O10. The Morgan fingerprint density at radius 1 is 0.694 bits per heavy atom. The zero-order chi connectivity index (χ0) is 51.9. The minimum atomic E-state index is -1.27. The van der Waals surface area contributed by atoms with Gasteiger partial charge in [0.2, 0.25) is 23.7 Å². The Labute approximate surface area is 424 Å². The molecule has 0 fully saturated rings. The number of fused-ring (bicyclic) bond motifs is 1. The van der Waals surface area contributed by atoms with Crippen LogP contribution in [0.5, 0.6) is 0 Å². The molecule has 3 aromatic rings. The van der Waals surface area contributed by atoms with Gasteiger partial charge in [-0.25, -0.2) is 19.8 Å². The molecule has 2 aromatic heterocycles. The lowest BCUT2D eigenvalue weighted by Crippen LogP contribution is -2.41. The fourth-order valence-corrected chi connectivity index (χ4v) is 7.25. The normalized spacial score (nSPS) is 11.6. The number of hydrogen-bond acceptors (Lipinski definition) is 14. The van der Waals surface area contributed by atoms with E-state index in [1.807, 2.05) is 0 Å². The molecule has 0 bridgehead atoms. The molecule has 0 aliphatic heterocycles. The molecule has 20 nitrogen and oxygen atoms in total. The first-order chi connectivity index (χ1) is 35.1. The summed E-state index contributed by atoms with van der Waals surface area (Å²) in [5, 5.41) is 23.8. The number of ether oxygens (including phenoxy) is 3. The highest BCUT2D eigenvalue weighted by atomic mass is 16.5. The van der Waals surface area contributed by atoms with Crippen LogP contribution in [-0.2, 0) is 39.9 Å². The third kappa shape index (κ3) is 28.1. The summed E-state index contributed by atoms with van der Waals surface area (Å²) in [6.07, 6.45) is 25.0. The summed E-state index contributed by atoms with van der Waals surface area (Å²) in [5.74, 6) is -2.41. The average Bonchev–Trinajstić information content (AvgIpc) is 3.38. The molecule has 3 rings (SSSR count). The number of benzene rings is 1. The van der Waals surface area contributed by atoms with Crippen LogP contribution in [0.2, 0.25) is 0 Å². The second-order valence-electron chi connectivity index (χ2n) is 17.4. The summed E-state index contributed by atoms with van der Waals surface area (Å²) in [4.78, 5) is 92.1. The van der Waals surface area contributed by atoms with Crippen molar-refractivity contribution in [1.29, 1.82) is 0 Å². The molecule has 0 radical (unpaired) electrons. The highest BCUT2D eigenvalue weighted by Crippen LogP contribution is 2.14. The third-order valence-corrected chi connectivity index (χ3v) is 11.4. The second-order valence-corrected chi connectivity index (χ2v) is 17.4. The first kappa shape index (κ1) is 60.2. The first-order valence-electron chi connectivity index (χ1n) is 25.9. The molecule has 20 heteroatoms. The highest BCUT2D eigenvalue weighted by molar-refractivity contribution is 5.97. The van der Waals surface area contributed by atoms with Gasteiger partial charge in [0.1, 0.15) is 6.04 Å². The van der Waals surface area contributed by atoms with Crippen LogP contribution in [0.1, 0.15) is 151 Å². The molecule has 1 aromatic carbocycles. The topological polar surface area (TPSA) is 277 Å². The van der Waals surface area contributed by atoms with Gasteiger partial charge in [0.05, 0.1) is 44.9 Å². The van der Waals surface area contributed by atoms with Gasteiger partial charge in [0.15, 0.2) is 11.2 Å². The number of aliphatic imine (C=N–C) groups is 1. The van der Waals surface area contributed by atoms with Gasteiger partial charge in [-0.3, -0.25) is 29.0 Å². The molecule has 398 valence electrons. The van der Waals surface area contributed by atoms with Crippen LogP contribution in [0.25, 0.3) is 11.2 Å². The number of aromatic amines is 1. The summed E-state index contributed by atoms with van der Waals surface area (Å²) in [6.45, 7) is 9.67. The molecule has 0 aliphatic rings. The number of carbonyl (C=O) groups is 5. The molecule has 0 saturated carbocycles. The van der Waals surface area contributed by atoms with Gasteiger partial charge in [-0.1, -0.05) is 76.9 Å². The maximum atomic E-state index is 12.8. The lowest BCUT2D eigenvalue weighted by atomic mass is 10.1. The predicted molar refractivity (Wildman–Crippen MR) is 278 cm³/mol. The number of aliphatic carboxylic acids is 1. The summed E-state index contributed by atoms with van der Waals surface area (Å²) >= 11 is 0. The fraction of sp³-hybridized carbons (Fsp3) is 0.615. The van der Waals surface area contributed by atoms with Crippen molar-refractivity contribution >= 4 is 59.1 Å². The van der Waals surface area contributed by atoms with Crippen molar-refractivity contribution in [3.63, 3.8) is 0 Å². The van der Waals surface area contributed by atoms with Gasteiger partial charge in [-0.15, -0.1) is 0 Å². The van der Waals surface area contributed by atoms with E-state index < -0.39 is 23.5 Å². The molecule has 7 N–H and O–H groups in total. The number of hydrogen-bond donors (Lipinski definition) is 7. The summed E-state index contributed by atoms with van der Waals surface area (Å²) in [5.41, 5.74) is 1.03. The number of rotatable bonds is 43. The number of nitrogens with zero attached hydrogens (tertiary/aromatic N) is 4. The van der Waals surface area contributed by atoms with E-state index in [0.717, 1.165) is 12.8 Å². The van der Waals surface area contributed by atoms with Crippen LogP contribution in [0.15, 0.2) is 52.4 Å². The number of anilines is 1. The SMILES string of the molecule is C=Nc1nc2ncc(CNc3ccc(C(=O)NC(CCC(=O)NCCCOCCOCCOCCCNC(=O)CCC(=O)NCCCCCCCCC=CCCCCCCCC)C(=O)O)cc3)nc2c(=O)[nH]1. The maximum Gasteiger partial charge on any atom is 0.326 e. The van der Waals surface area contributed by atoms with Gasteiger partial charge in [-0.05, 0) is 82.3 Å². The van der Waals surface area contributed by atoms with Crippen LogP contribution in [0, 0.1) is 0 Å². The van der Waals surface area contributed by atoms with E-state index in [4.69, 9.17) is 14.2 Å². The largest absolute Gasteiger partial charge is 0.480 e. The number of unbranched alkanes of at least 4 members (excludes halogenated alkanes) is 12. The van der Waals surface area contributed by atoms with E-state index in [9.17, 15) is 33.9 Å². The Morgan fingerprint density at radius 3 is 1.79 bits per heavy atom. The van der Waals surface area contributed by atoms with Gasteiger partial charge in [0, 0.05) is 63.4 Å². The Morgan fingerprint density at radius 2 is 1.22 bits per heavy atom. The van der Waals surface area contributed by atoms with E-state index in [2.05, 4.69) is 77.3 Å². The molecule has 4 amide bonds.